The molecule has 2 nitrogen and oxygen atoms in total. The van der Waals surface area contributed by atoms with Gasteiger partial charge in [0.05, 0.1) is 0 Å². The quantitative estimate of drug-likeness (QED) is 0.418. The Labute approximate surface area is 126 Å². The van der Waals surface area contributed by atoms with E-state index in [9.17, 15) is 0 Å². The third-order valence-corrected chi connectivity index (χ3v) is 5.36. The predicted molar refractivity (Wildman–Crippen MR) is 88.4 cm³/mol. The fourth-order valence-corrected chi connectivity index (χ4v) is 4.22. The van der Waals surface area contributed by atoms with E-state index in [1.807, 2.05) is 0 Å². The minimum Gasteiger partial charge on any atom is -0.397 e. The maximum Gasteiger partial charge on any atom is 0.321 e. The summed E-state index contributed by atoms with van der Waals surface area (Å²) in [6.45, 7) is 6.05. The molecule has 0 saturated carbocycles. The van der Waals surface area contributed by atoms with Gasteiger partial charge >= 0.3 is 9.28 Å². The zero-order chi connectivity index (χ0) is 14.5. The molecule has 0 bridgehead atoms. The van der Waals surface area contributed by atoms with Gasteiger partial charge in [0.25, 0.3) is 0 Å². The molecule has 1 aromatic rings. The summed E-state index contributed by atoms with van der Waals surface area (Å²) in [5.41, 5.74) is 1.45. The highest BCUT2D eigenvalue weighted by Crippen LogP contribution is 2.11. The lowest BCUT2D eigenvalue weighted by Crippen LogP contribution is -2.23. The predicted octanol–water partition coefficient (Wildman–Crippen LogP) is 4.47. The Morgan fingerprint density at radius 3 is 2.10 bits per heavy atom. The highest BCUT2D eigenvalue weighted by Gasteiger charge is 2.12. The summed E-state index contributed by atoms with van der Waals surface area (Å²) in [6.07, 6.45) is 7.17. The average Bonchev–Trinajstić information content (AvgIpc) is 2.50. The van der Waals surface area contributed by atoms with Gasteiger partial charge in [0.2, 0.25) is 0 Å². The molecular weight excluding hydrogens is 264 g/mol. The monoisotopic (exact) mass is 294 g/mol. The summed E-state index contributed by atoms with van der Waals surface area (Å²) in [7, 11) is -1.39. The van der Waals surface area contributed by atoms with E-state index in [0.717, 1.165) is 32.1 Å². The van der Waals surface area contributed by atoms with Crippen molar-refractivity contribution in [2.24, 2.45) is 0 Å². The fraction of sp³-hybridized carbons (Fsp3) is 0.647. The summed E-state index contributed by atoms with van der Waals surface area (Å²) in [5.74, 6) is 0. The van der Waals surface area contributed by atoms with Crippen LogP contribution in [0.2, 0.25) is 6.04 Å². The molecule has 0 N–H and O–H groups in total. The molecule has 0 aliphatic carbocycles. The molecule has 0 saturated heterocycles. The third kappa shape index (κ3) is 8.51. The molecular formula is C17H30O2Si. The van der Waals surface area contributed by atoms with Crippen molar-refractivity contribution in [1.82, 2.24) is 0 Å². The van der Waals surface area contributed by atoms with Crippen LogP contribution < -0.4 is 0 Å². The van der Waals surface area contributed by atoms with Crippen LogP contribution in [0.1, 0.15) is 51.5 Å². The van der Waals surface area contributed by atoms with E-state index in [1.165, 1.54) is 31.2 Å². The largest absolute Gasteiger partial charge is 0.397 e. The SMILES string of the molecule is CCCO[SiH](CCCCCc1ccccc1)OCCC. The zero-order valence-corrected chi connectivity index (χ0v) is 14.3. The van der Waals surface area contributed by atoms with Gasteiger partial charge in [0.15, 0.2) is 0 Å². The van der Waals surface area contributed by atoms with Gasteiger partial charge in [-0.3, -0.25) is 0 Å². The van der Waals surface area contributed by atoms with Gasteiger partial charge in [-0.1, -0.05) is 57.0 Å². The van der Waals surface area contributed by atoms with Gasteiger partial charge in [-0.05, 0) is 37.3 Å². The topological polar surface area (TPSA) is 18.5 Å². The van der Waals surface area contributed by atoms with Crippen LogP contribution in [-0.4, -0.2) is 22.5 Å². The zero-order valence-electron chi connectivity index (χ0n) is 13.1. The molecule has 0 aliphatic rings. The second-order valence-corrected chi connectivity index (χ2v) is 7.36. The fourth-order valence-electron chi connectivity index (χ4n) is 2.17. The van der Waals surface area contributed by atoms with Crippen LogP contribution in [0.3, 0.4) is 0 Å². The van der Waals surface area contributed by atoms with Crippen LogP contribution >= 0.6 is 0 Å². The second-order valence-electron chi connectivity index (χ2n) is 5.26. The Kier molecular flexibility index (Phi) is 10.6. The molecule has 0 amide bonds. The van der Waals surface area contributed by atoms with Crippen LogP contribution in [0.25, 0.3) is 0 Å². The standard InChI is InChI=1S/C17H30O2Si/c1-3-14-18-20(19-15-4-2)16-10-6-9-13-17-11-7-5-8-12-17/h5,7-8,11-12,20H,3-4,6,9-10,13-16H2,1-2H3. The molecule has 0 fully saturated rings. The summed E-state index contributed by atoms with van der Waals surface area (Å²) < 4.78 is 11.7. The number of unbranched alkanes of at least 4 members (excludes halogenated alkanes) is 2. The van der Waals surface area contributed by atoms with Crippen molar-refractivity contribution in [3.05, 3.63) is 35.9 Å². The molecule has 0 radical (unpaired) electrons. The van der Waals surface area contributed by atoms with Gasteiger partial charge in [-0.15, -0.1) is 0 Å². The lowest BCUT2D eigenvalue weighted by Gasteiger charge is -2.16. The molecule has 1 aromatic carbocycles. The van der Waals surface area contributed by atoms with Crippen LogP contribution in [0.5, 0.6) is 0 Å². The van der Waals surface area contributed by atoms with Crippen molar-refractivity contribution < 1.29 is 8.85 Å². The molecule has 0 unspecified atom stereocenters. The lowest BCUT2D eigenvalue weighted by molar-refractivity contribution is 0.195. The van der Waals surface area contributed by atoms with E-state index in [2.05, 4.69) is 44.2 Å². The Bertz CT molecular complexity index is 308. The molecule has 0 aliphatic heterocycles. The molecule has 0 aromatic heterocycles. The van der Waals surface area contributed by atoms with E-state index < -0.39 is 9.28 Å². The van der Waals surface area contributed by atoms with Crippen molar-refractivity contribution in [3.63, 3.8) is 0 Å². The van der Waals surface area contributed by atoms with Crippen molar-refractivity contribution in [3.8, 4) is 0 Å². The van der Waals surface area contributed by atoms with E-state index in [0.29, 0.717) is 0 Å². The highest BCUT2D eigenvalue weighted by molar-refractivity contribution is 6.44. The van der Waals surface area contributed by atoms with Crippen molar-refractivity contribution in [2.45, 2.75) is 58.4 Å². The highest BCUT2D eigenvalue weighted by atomic mass is 28.3. The molecule has 0 heterocycles. The summed E-state index contributed by atoms with van der Waals surface area (Å²) >= 11 is 0. The number of hydrogen-bond donors (Lipinski definition) is 0. The molecule has 0 atom stereocenters. The average molecular weight is 295 g/mol. The van der Waals surface area contributed by atoms with Crippen LogP contribution in [-0.2, 0) is 15.3 Å². The summed E-state index contributed by atoms with van der Waals surface area (Å²) in [4.78, 5) is 0. The van der Waals surface area contributed by atoms with E-state index in [-0.39, 0.29) is 0 Å². The third-order valence-electron chi connectivity index (χ3n) is 3.26. The van der Waals surface area contributed by atoms with Gasteiger partial charge in [-0.2, -0.15) is 0 Å². The van der Waals surface area contributed by atoms with Gasteiger partial charge in [-0.25, -0.2) is 0 Å². The maximum absolute atomic E-state index is 5.87. The number of aryl methyl sites for hydroxylation is 1. The number of hydrogen-bond acceptors (Lipinski definition) is 2. The minimum absolute atomic E-state index is 0.866. The van der Waals surface area contributed by atoms with Crippen molar-refractivity contribution >= 4 is 9.28 Å². The van der Waals surface area contributed by atoms with Crippen LogP contribution in [0, 0.1) is 0 Å². The summed E-state index contributed by atoms with van der Waals surface area (Å²) in [5, 5.41) is 0. The van der Waals surface area contributed by atoms with Gasteiger partial charge in [0, 0.05) is 13.2 Å². The normalized spacial score (nSPS) is 11.2. The molecule has 0 spiro atoms. The molecule has 20 heavy (non-hydrogen) atoms. The Morgan fingerprint density at radius 2 is 1.50 bits per heavy atom. The van der Waals surface area contributed by atoms with Gasteiger partial charge < -0.3 is 8.85 Å². The number of rotatable bonds is 12. The van der Waals surface area contributed by atoms with Crippen LogP contribution in [0.4, 0.5) is 0 Å². The Hall–Kier alpha value is -0.643. The van der Waals surface area contributed by atoms with Crippen LogP contribution in [0.15, 0.2) is 30.3 Å². The van der Waals surface area contributed by atoms with Crippen molar-refractivity contribution in [1.29, 1.82) is 0 Å². The van der Waals surface area contributed by atoms with Gasteiger partial charge in [0.1, 0.15) is 0 Å². The number of benzene rings is 1. The Morgan fingerprint density at radius 1 is 0.850 bits per heavy atom. The molecule has 114 valence electrons. The lowest BCUT2D eigenvalue weighted by atomic mass is 10.1. The maximum atomic E-state index is 5.87. The molecule has 1 rings (SSSR count). The van der Waals surface area contributed by atoms with E-state index >= 15 is 0 Å². The van der Waals surface area contributed by atoms with E-state index in [4.69, 9.17) is 8.85 Å². The second kappa shape index (κ2) is 12.1. The minimum atomic E-state index is -1.39. The first-order chi connectivity index (χ1) is 9.86. The van der Waals surface area contributed by atoms with E-state index in [1.54, 1.807) is 0 Å². The summed E-state index contributed by atoms with van der Waals surface area (Å²) in [6, 6.07) is 11.9. The Balaban J connectivity index is 2.09. The first kappa shape index (κ1) is 17.4. The smallest absolute Gasteiger partial charge is 0.321 e. The molecule has 3 heteroatoms. The first-order valence-corrected chi connectivity index (χ1v) is 9.89. The first-order valence-electron chi connectivity index (χ1n) is 8.14. The van der Waals surface area contributed by atoms with Crippen molar-refractivity contribution in [2.75, 3.05) is 13.2 Å².